The third-order valence-corrected chi connectivity index (χ3v) is 6.88. The number of rotatable bonds is 4. The van der Waals surface area contributed by atoms with Crippen LogP contribution in [0.25, 0.3) is 32.7 Å². The van der Waals surface area contributed by atoms with Crippen LogP contribution in [0.2, 0.25) is 5.02 Å². The number of amides is 1. The lowest BCUT2D eigenvalue weighted by Gasteiger charge is -2.14. The molecule has 152 valence electrons. The van der Waals surface area contributed by atoms with Crippen LogP contribution in [0.5, 0.6) is 0 Å². The smallest absolute Gasteiger partial charge is 0.258 e. The van der Waals surface area contributed by atoms with E-state index >= 15 is 0 Å². The minimum Gasteiger partial charge on any atom is -0.298 e. The first kappa shape index (κ1) is 19.9. The van der Waals surface area contributed by atoms with Crippen molar-refractivity contribution in [3.8, 4) is 21.8 Å². The van der Waals surface area contributed by atoms with E-state index in [2.05, 4.69) is 10.3 Å². The van der Waals surface area contributed by atoms with E-state index in [1.807, 2.05) is 78.3 Å². The van der Waals surface area contributed by atoms with Gasteiger partial charge in [0.1, 0.15) is 0 Å². The van der Waals surface area contributed by atoms with Gasteiger partial charge in [-0.25, -0.2) is 9.97 Å². The number of nitrogens with zero attached hydrogens (tertiary/aromatic N) is 2. The molecule has 31 heavy (non-hydrogen) atoms. The van der Waals surface area contributed by atoms with E-state index in [1.54, 1.807) is 11.3 Å². The number of benzene rings is 2. The summed E-state index contributed by atoms with van der Waals surface area (Å²) in [5, 5.41) is 8.99. The Bertz CT molecular complexity index is 1390. The van der Waals surface area contributed by atoms with E-state index in [0.717, 1.165) is 38.3 Å². The Morgan fingerprint density at radius 3 is 2.55 bits per heavy atom. The first-order valence-corrected chi connectivity index (χ1v) is 11.7. The number of carbonyl (C=O) groups is 1. The maximum absolute atomic E-state index is 13.4. The number of halogens is 1. The van der Waals surface area contributed by atoms with E-state index in [1.165, 1.54) is 11.3 Å². The lowest BCUT2D eigenvalue weighted by molar-refractivity contribution is 0.102. The van der Waals surface area contributed by atoms with Gasteiger partial charge in [-0.15, -0.1) is 22.7 Å². The first-order valence-electron chi connectivity index (χ1n) is 9.56. The van der Waals surface area contributed by atoms with Gasteiger partial charge < -0.3 is 0 Å². The first-order chi connectivity index (χ1) is 15.1. The Morgan fingerprint density at radius 1 is 0.968 bits per heavy atom. The summed E-state index contributed by atoms with van der Waals surface area (Å²) in [7, 11) is 0. The molecule has 0 aliphatic heterocycles. The van der Waals surface area contributed by atoms with E-state index in [-0.39, 0.29) is 5.91 Å². The molecule has 7 heteroatoms. The highest BCUT2D eigenvalue weighted by Crippen LogP contribution is 2.32. The molecular formula is C24H16ClN3OS2. The van der Waals surface area contributed by atoms with Crippen LogP contribution < -0.4 is 5.32 Å². The SMILES string of the molecule is Cc1c(-c2ccc(Cl)cc2)nc2ccccc2c1C(=O)Nc1nc(-c2cccs2)cs1. The summed E-state index contributed by atoms with van der Waals surface area (Å²) in [5.74, 6) is -0.196. The molecule has 0 fully saturated rings. The van der Waals surface area contributed by atoms with Gasteiger partial charge in [0.05, 0.1) is 27.3 Å². The molecule has 3 heterocycles. The van der Waals surface area contributed by atoms with Gasteiger partial charge in [-0.05, 0) is 42.1 Å². The van der Waals surface area contributed by atoms with Crippen molar-refractivity contribution < 1.29 is 4.79 Å². The van der Waals surface area contributed by atoms with Gasteiger partial charge in [0.15, 0.2) is 5.13 Å². The monoisotopic (exact) mass is 461 g/mol. The van der Waals surface area contributed by atoms with Crippen molar-refractivity contribution in [3.63, 3.8) is 0 Å². The van der Waals surface area contributed by atoms with E-state index < -0.39 is 0 Å². The average Bonchev–Trinajstić information content (AvgIpc) is 3.46. The number of aromatic nitrogens is 2. The predicted octanol–water partition coefficient (Wildman–Crippen LogP) is 7.30. The molecule has 2 aromatic carbocycles. The Hall–Kier alpha value is -3.06. The highest BCUT2D eigenvalue weighted by molar-refractivity contribution is 7.16. The van der Waals surface area contributed by atoms with Crippen LogP contribution in [0, 0.1) is 6.92 Å². The topological polar surface area (TPSA) is 54.9 Å². The number of carbonyl (C=O) groups excluding carboxylic acids is 1. The fourth-order valence-corrected chi connectivity index (χ4v) is 5.11. The van der Waals surface area contributed by atoms with Crippen LogP contribution >= 0.6 is 34.3 Å². The lowest BCUT2D eigenvalue weighted by atomic mass is 9.97. The molecular weight excluding hydrogens is 446 g/mol. The zero-order valence-corrected chi connectivity index (χ0v) is 18.8. The number of fused-ring (bicyclic) bond motifs is 1. The van der Waals surface area contributed by atoms with E-state index in [9.17, 15) is 4.79 Å². The van der Waals surface area contributed by atoms with Crippen molar-refractivity contribution in [2.75, 3.05) is 5.32 Å². The molecule has 5 rings (SSSR count). The number of hydrogen-bond acceptors (Lipinski definition) is 5. The minimum absolute atomic E-state index is 0.196. The maximum atomic E-state index is 13.4. The van der Waals surface area contributed by atoms with E-state index in [0.29, 0.717) is 15.7 Å². The van der Waals surface area contributed by atoms with Crippen LogP contribution in [0.3, 0.4) is 0 Å². The molecule has 0 atom stereocenters. The second-order valence-corrected chi connectivity index (χ2v) is 9.20. The fourth-order valence-electron chi connectivity index (χ4n) is 3.52. The van der Waals surface area contributed by atoms with Crippen LogP contribution in [-0.4, -0.2) is 15.9 Å². The second kappa shape index (κ2) is 8.23. The van der Waals surface area contributed by atoms with Crippen LogP contribution in [0.4, 0.5) is 5.13 Å². The lowest BCUT2D eigenvalue weighted by Crippen LogP contribution is -2.15. The van der Waals surface area contributed by atoms with Crippen molar-refractivity contribution in [3.05, 3.63) is 87.6 Å². The van der Waals surface area contributed by atoms with Crippen molar-refractivity contribution in [1.82, 2.24) is 9.97 Å². The van der Waals surface area contributed by atoms with Gasteiger partial charge in [-0.2, -0.15) is 0 Å². The molecule has 0 bridgehead atoms. The molecule has 0 aliphatic carbocycles. The summed E-state index contributed by atoms with van der Waals surface area (Å²) in [4.78, 5) is 23.9. The molecule has 5 aromatic rings. The quantitative estimate of drug-likeness (QED) is 0.305. The Kier molecular flexibility index (Phi) is 5.28. The van der Waals surface area contributed by atoms with Gasteiger partial charge in [-0.1, -0.05) is 48.0 Å². The molecule has 0 radical (unpaired) electrons. The van der Waals surface area contributed by atoms with Crippen LogP contribution in [-0.2, 0) is 0 Å². The van der Waals surface area contributed by atoms with Crippen molar-refractivity contribution in [2.45, 2.75) is 6.92 Å². The van der Waals surface area contributed by atoms with Crippen molar-refractivity contribution in [2.24, 2.45) is 0 Å². The maximum Gasteiger partial charge on any atom is 0.258 e. The number of para-hydroxylation sites is 1. The van der Waals surface area contributed by atoms with Gasteiger partial charge in [0, 0.05) is 21.4 Å². The Balaban J connectivity index is 1.57. The Morgan fingerprint density at radius 2 is 1.77 bits per heavy atom. The zero-order chi connectivity index (χ0) is 21.4. The number of hydrogen-bond donors (Lipinski definition) is 1. The van der Waals surface area contributed by atoms with Gasteiger partial charge in [0.25, 0.3) is 5.91 Å². The standard InChI is InChI=1S/C24H16ClN3OS2/c1-14-21(23(29)28-24-27-19(13-31-24)20-7-4-12-30-20)17-5-2-3-6-18(17)26-22(14)15-8-10-16(25)11-9-15/h2-13H,1H3,(H,27,28,29). The number of anilines is 1. The number of thiophene rings is 1. The fraction of sp³-hybridized carbons (Fsp3) is 0.0417. The second-order valence-electron chi connectivity index (χ2n) is 6.95. The predicted molar refractivity (Wildman–Crippen MR) is 130 cm³/mol. The average molecular weight is 462 g/mol. The molecule has 4 nitrogen and oxygen atoms in total. The van der Waals surface area contributed by atoms with Crippen LogP contribution in [0.1, 0.15) is 15.9 Å². The van der Waals surface area contributed by atoms with Crippen molar-refractivity contribution in [1.29, 1.82) is 0 Å². The Labute approximate surface area is 192 Å². The summed E-state index contributed by atoms with van der Waals surface area (Å²) in [5.41, 5.74) is 4.72. The molecule has 0 unspecified atom stereocenters. The highest BCUT2D eigenvalue weighted by Gasteiger charge is 2.20. The molecule has 1 amide bonds. The summed E-state index contributed by atoms with van der Waals surface area (Å²) in [6.07, 6.45) is 0. The molecule has 3 aromatic heterocycles. The van der Waals surface area contributed by atoms with Gasteiger partial charge in [-0.3, -0.25) is 10.1 Å². The summed E-state index contributed by atoms with van der Waals surface area (Å²) >= 11 is 9.10. The minimum atomic E-state index is -0.196. The summed E-state index contributed by atoms with van der Waals surface area (Å²) in [6.45, 7) is 1.93. The van der Waals surface area contributed by atoms with Gasteiger partial charge in [0.2, 0.25) is 0 Å². The number of nitrogens with one attached hydrogen (secondary N) is 1. The largest absolute Gasteiger partial charge is 0.298 e. The van der Waals surface area contributed by atoms with E-state index in [4.69, 9.17) is 16.6 Å². The van der Waals surface area contributed by atoms with Crippen molar-refractivity contribution >= 4 is 56.2 Å². The zero-order valence-electron chi connectivity index (χ0n) is 16.4. The molecule has 1 N–H and O–H groups in total. The molecule has 0 spiro atoms. The molecule has 0 saturated carbocycles. The number of pyridine rings is 1. The summed E-state index contributed by atoms with van der Waals surface area (Å²) in [6, 6.07) is 19.2. The van der Waals surface area contributed by atoms with Crippen LogP contribution in [0.15, 0.2) is 71.4 Å². The third kappa shape index (κ3) is 3.85. The molecule has 0 saturated heterocycles. The third-order valence-electron chi connectivity index (χ3n) is 4.98. The number of thiazole rings is 1. The summed E-state index contributed by atoms with van der Waals surface area (Å²) < 4.78 is 0. The van der Waals surface area contributed by atoms with Gasteiger partial charge >= 0.3 is 0 Å². The highest BCUT2D eigenvalue weighted by atomic mass is 35.5. The normalized spacial score (nSPS) is 11.0. The molecule has 0 aliphatic rings.